The van der Waals surface area contributed by atoms with E-state index in [2.05, 4.69) is 39.0 Å². The largest absolute Gasteiger partial charge is 0.369 e. The number of hydrogen-bond acceptors (Lipinski definition) is 4. The second kappa shape index (κ2) is 9.30. The summed E-state index contributed by atoms with van der Waals surface area (Å²) in [4.78, 5) is 27.9. The molecule has 0 spiro atoms. The number of carbonyl (C=O) groups is 1. The van der Waals surface area contributed by atoms with Crippen LogP contribution < -0.4 is 4.90 Å². The third-order valence-corrected chi connectivity index (χ3v) is 7.29. The Hall–Kier alpha value is -2.28. The van der Waals surface area contributed by atoms with Gasteiger partial charge >= 0.3 is 0 Å². The number of benzene rings is 2. The number of nitrogens with zero attached hydrogens (tertiary/aromatic N) is 4. The van der Waals surface area contributed by atoms with Gasteiger partial charge in [-0.15, -0.1) is 0 Å². The number of nitrogens with one attached hydrogen (secondary N) is 1. The molecule has 1 amide bonds. The van der Waals surface area contributed by atoms with Gasteiger partial charge in [0.05, 0.1) is 27.1 Å². The predicted molar refractivity (Wildman–Crippen MR) is 130 cm³/mol. The Labute approximate surface area is 198 Å². The normalized spacial score (nSPS) is 19.8. The van der Waals surface area contributed by atoms with Crippen molar-refractivity contribution in [1.29, 1.82) is 0 Å². The van der Waals surface area contributed by atoms with Crippen molar-refractivity contribution in [2.24, 2.45) is 0 Å². The molecule has 168 valence electrons. The van der Waals surface area contributed by atoms with Gasteiger partial charge < -0.3 is 14.8 Å². The molecule has 0 saturated carbocycles. The Morgan fingerprint density at radius 2 is 1.78 bits per heavy atom. The molecule has 1 N–H and O–H groups in total. The molecule has 32 heavy (non-hydrogen) atoms. The first kappa shape index (κ1) is 21.6. The van der Waals surface area contributed by atoms with Crippen LogP contribution in [0.1, 0.15) is 31.1 Å². The van der Waals surface area contributed by atoms with Crippen molar-refractivity contribution in [1.82, 2.24) is 19.8 Å². The second-order valence-corrected chi connectivity index (χ2v) is 9.38. The fraction of sp³-hybridized carbons (Fsp3) is 0.417. The number of likely N-dealkylation sites (tertiary alicyclic amines) is 1. The minimum atomic E-state index is -0.0117. The van der Waals surface area contributed by atoms with Crippen LogP contribution in [0.15, 0.2) is 42.5 Å². The van der Waals surface area contributed by atoms with Gasteiger partial charge in [0.1, 0.15) is 5.82 Å². The van der Waals surface area contributed by atoms with Crippen molar-refractivity contribution < 1.29 is 4.79 Å². The van der Waals surface area contributed by atoms with E-state index in [1.807, 2.05) is 11.0 Å². The van der Waals surface area contributed by atoms with Gasteiger partial charge in [-0.05, 0) is 37.1 Å². The zero-order chi connectivity index (χ0) is 22.1. The molecule has 2 aromatic carbocycles. The number of anilines is 1. The lowest BCUT2D eigenvalue weighted by Gasteiger charge is -2.36. The first-order chi connectivity index (χ1) is 15.6. The van der Waals surface area contributed by atoms with Crippen molar-refractivity contribution in [3.05, 3.63) is 58.3 Å². The van der Waals surface area contributed by atoms with Gasteiger partial charge in [-0.25, -0.2) is 4.98 Å². The van der Waals surface area contributed by atoms with Crippen LogP contribution in [-0.4, -0.2) is 64.9 Å². The molecule has 0 radical (unpaired) electrons. The summed E-state index contributed by atoms with van der Waals surface area (Å²) in [6, 6.07) is 14.1. The average Bonchev–Trinajstić information content (AvgIpc) is 3.46. The van der Waals surface area contributed by atoms with E-state index in [1.54, 1.807) is 12.1 Å². The summed E-state index contributed by atoms with van der Waals surface area (Å²) in [5.41, 5.74) is 2.91. The van der Waals surface area contributed by atoms with Crippen molar-refractivity contribution in [2.75, 3.05) is 44.2 Å². The first-order valence-electron chi connectivity index (χ1n) is 11.2. The average molecular weight is 472 g/mol. The maximum absolute atomic E-state index is 13.1. The molecule has 0 aliphatic carbocycles. The molecule has 3 heterocycles. The van der Waals surface area contributed by atoms with E-state index in [-0.39, 0.29) is 11.9 Å². The highest BCUT2D eigenvalue weighted by Crippen LogP contribution is 2.34. The number of imidazole rings is 1. The summed E-state index contributed by atoms with van der Waals surface area (Å²) in [7, 11) is 0. The van der Waals surface area contributed by atoms with Crippen molar-refractivity contribution in [2.45, 2.75) is 25.3 Å². The number of piperazine rings is 1. The molecule has 1 aromatic heterocycles. The van der Waals surface area contributed by atoms with Gasteiger partial charge in [0.15, 0.2) is 0 Å². The summed E-state index contributed by atoms with van der Waals surface area (Å²) in [6.45, 7) is 5.54. The fourth-order valence-corrected chi connectivity index (χ4v) is 5.12. The number of carbonyl (C=O) groups excluding carboxylic acids is 1. The van der Waals surface area contributed by atoms with Crippen LogP contribution in [-0.2, 0) is 4.79 Å². The van der Waals surface area contributed by atoms with E-state index in [0.29, 0.717) is 16.5 Å². The highest BCUT2D eigenvalue weighted by Gasteiger charge is 2.32. The Balaban J connectivity index is 1.18. The number of para-hydroxylation sites is 1. The quantitative estimate of drug-likeness (QED) is 0.583. The smallest absolute Gasteiger partial charge is 0.224 e. The first-order valence-corrected chi connectivity index (χ1v) is 12.0. The maximum Gasteiger partial charge on any atom is 0.224 e. The molecular weight excluding hydrogens is 445 g/mol. The Morgan fingerprint density at radius 1 is 1.03 bits per heavy atom. The van der Waals surface area contributed by atoms with E-state index >= 15 is 0 Å². The van der Waals surface area contributed by atoms with Gasteiger partial charge in [0, 0.05) is 51.4 Å². The van der Waals surface area contributed by atoms with E-state index in [0.717, 1.165) is 69.0 Å². The zero-order valence-electron chi connectivity index (χ0n) is 17.9. The second-order valence-electron chi connectivity index (χ2n) is 8.56. The maximum atomic E-state index is 13.1. The number of halogens is 2. The summed E-state index contributed by atoms with van der Waals surface area (Å²) in [5.74, 6) is 1.02. The van der Waals surface area contributed by atoms with Gasteiger partial charge in [0.25, 0.3) is 0 Å². The lowest BCUT2D eigenvalue weighted by atomic mass is 10.2. The molecule has 2 aliphatic rings. The number of hydrogen-bond donors (Lipinski definition) is 1. The Morgan fingerprint density at radius 3 is 2.56 bits per heavy atom. The van der Waals surface area contributed by atoms with Crippen molar-refractivity contribution in [3.8, 4) is 0 Å². The topological polar surface area (TPSA) is 55.5 Å². The molecule has 6 nitrogen and oxygen atoms in total. The number of fused-ring (bicyclic) bond motifs is 1. The highest BCUT2D eigenvalue weighted by molar-refractivity contribution is 6.42. The zero-order valence-corrected chi connectivity index (χ0v) is 19.4. The molecule has 8 heteroatoms. The van der Waals surface area contributed by atoms with Crippen LogP contribution in [0.25, 0.3) is 11.0 Å². The Bertz CT molecular complexity index is 1060. The monoisotopic (exact) mass is 471 g/mol. The fourth-order valence-electron chi connectivity index (χ4n) is 4.80. The molecule has 2 saturated heterocycles. The van der Waals surface area contributed by atoms with Crippen LogP contribution in [0.3, 0.4) is 0 Å². The molecular formula is C24H27Cl2N5O. The molecule has 2 fully saturated rings. The van der Waals surface area contributed by atoms with Crippen molar-refractivity contribution in [3.63, 3.8) is 0 Å². The van der Waals surface area contributed by atoms with E-state index < -0.39 is 0 Å². The SMILES string of the molecule is O=C(CCN1CCN(c2ccccc2)CC1)N1CCC[C@H]1c1nc2cc(Cl)c(Cl)cc2[nH]1. The minimum absolute atomic E-state index is 0.0117. The van der Waals surface area contributed by atoms with Gasteiger partial charge in [-0.1, -0.05) is 41.4 Å². The molecule has 1 atom stereocenters. The number of aromatic nitrogens is 2. The molecule has 2 aliphatic heterocycles. The highest BCUT2D eigenvalue weighted by atomic mass is 35.5. The summed E-state index contributed by atoms with van der Waals surface area (Å²) < 4.78 is 0. The molecule has 3 aromatic rings. The standard InChI is InChI=1S/C24H27Cl2N5O/c25-18-15-20-21(16-19(18)26)28-24(27-20)22-7-4-9-31(22)23(32)8-10-29-11-13-30(14-12-29)17-5-2-1-3-6-17/h1-3,5-6,15-16,22H,4,7-14H2,(H,27,28)/t22-/m0/s1. The molecule has 0 bridgehead atoms. The van der Waals surface area contributed by atoms with E-state index in [1.165, 1.54) is 5.69 Å². The third-order valence-electron chi connectivity index (χ3n) is 6.57. The summed E-state index contributed by atoms with van der Waals surface area (Å²) in [6.07, 6.45) is 2.45. The lowest BCUT2D eigenvalue weighted by molar-refractivity contribution is -0.132. The lowest BCUT2D eigenvalue weighted by Crippen LogP contribution is -2.47. The summed E-state index contributed by atoms with van der Waals surface area (Å²) >= 11 is 12.3. The van der Waals surface area contributed by atoms with Crippen LogP contribution in [0, 0.1) is 0 Å². The van der Waals surface area contributed by atoms with Gasteiger partial charge in [0.2, 0.25) is 5.91 Å². The number of H-pyrrole nitrogens is 1. The number of rotatable bonds is 5. The number of amides is 1. The van der Waals surface area contributed by atoms with Crippen LogP contribution in [0.4, 0.5) is 5.69 Å². The van der Waals surface area contributed by atoms with Crippen LogP contribution in [0.2, 0.25) is 10.0 Å². The third kappa shape index (κ3) is 4.45. The molecule has 5 rings (SSSR count). The summed E-state index contributed by atoms with van der Waals surface area (Å²) in [5, 5.41) is 0.991. The van der Waals surface area contributed by atoms with Gasteiger partial charge in [-0.3, -0.25) is 9.69 Å². The van der Waals surface area contributed by atoms with Gasteiger partial charge in [-0.2, -0.15) is 0 Å². The molecule has 0 unspecified atom stereocenters. The van der Waals surface area contributed by atoms with Crippen molar-refractivity contribution >= 4 is 45.8 Å². The van der Waals surface area contributed by atoms with Crippen LogP contribution >= 0.6 is 23.2 Å². The number of aromatic amines is 1. The predicted octanol–water partition coefficient (Wildman–Crippen LogP) is 4.75. The van der Waals surface area contributed by atoms with E-state index in [9.17, 15) is 4.79 Å². The minimum Gasteiger partial charge on any atom is -0.369 e. The van der Waals surface area contributed by atoms with E-state index in [4.69, 9.17) is 28.2 Å². The van der Waals surface area contributed by atoms with Crippen LogP contribution in [0.5, 0.6) is 0 Å². The Kier molecular flexibility index (Phi) is 6.26.